The van der Waals surface area contributed by atoms with Gasteiger partial charge >= 0.3 is 0 Å². The Balaban J connectivity index is 2.62. The zero-order chi connectivity index (χ0) is 8.55. The average molecular weight is 159 g/mol. The molecular weight excluding hydrogens is 146 g/mol. The maximum Gasteiger partial charge on any atom is 0.0355 e. The second-order valence-electron chi connectivity index (χ2n) is 3.39. The number of rotatable bonds is 0. The van der Waals surface area contributed by atoms with Crippen LogP contribution in [0.3, 0.4) is 0 Å². The Labute approximate surface area is 72.9 Å². The molecule has 0 saturated carbocycles. The molecule has 1 heteroatoms. The molecular formula is C11H13N. The summed E-state index contributed by atoms with van der Waals surface area (Å²) >= 11 is 0. The van der Waals surface area contributed by atoms with Crippen molar-refractivity contribution in [2.75, 3.05) is 5.73 Å². The van der Waals surface area contributed by atoms with Crippen molar-refractivity contribution in [2.45, 2.75) is 19.3 Å². The molecule has 2 rings (SSSR count). The van der Waals surface area contributed by atoms with Gasteiger partial charge in [-0.1, -0.05) is 31.2 Å². The van der Waals surface area contributed by atoms with Gasteiger partial charge in [-0.25, -0.2) is 0 Å². The molecule has 1 atom stereocenters. The highest BCUT2D eigenvalue weighted by Gasteiger charge is 2.14. The van der Waals surface area contributed by atoms with Crippen molar-refractivity contribution < 1.29 is 0 Å². The number of allylic oxidation sites excluding steroid dienone is 1. The Kier molecular flexibility index (Phi) is 1.65. The quantitative estimate of drug-likeness (QED) is 0.579. The highest BCUT2D eigenvalue weighted by Crippen LogP contribution is 2.33. The van der Waals surface area contributed by atoms with Crippen molar-refractivity contribution in [2.24, 2.45) is 0 Å². The van der Waals surface area contributed by atoms with Gasteiger partial charge in [0, 0.05) is 5.69 Å². The first-order chi connectivity index (χ1) is 5.79. The van der Waals surface area contributed by atoms with Crippen LogP contribution in [0.4, 0.5) is 5.69 Å². The van der Waals surface area contributed by atoms with E-state index in [4.69, 9.17) is 5.73 Å². The Bertz CT molecular complexity index is 326. The number of anilines is 1. The van der Waals surface area contributed by atoms with Crippen LogP contribution in [0.25, 0.3) is 6.08 Å². The van der Waals surface area contributed by atoms with Gasteiger partial charge in [-0.2, -0.15) is 0 Å². The fraction of sp³-hybridized carbons (Fsp3) is 0.273. The molecule has 0 bridgehead atoms. The molecule has 0 heterocycles. The van der Waals surface area contributed by atoms with Gasteiger partial charge in [-0.3, -0.25) is 0 Å². The second-order valence-corrected chi connectivity index (χ2v) is 3.39. The van der Waals surface area contributed by atoms with Crippen molar-refractivity contribution in [3.8, 4) is 0 Å². The van der Waals surface area contributed by atoms with Crippen LogP contribution in [0.1, 0.15) is 30.4 Å². The third-order valence-electron chi connectivity index (χ3n) is 2.45. The first-order valence-electron chi connectivity index (χ1n) is 4.34. The summed E-state index contributed by atoms with van der Waals surface area (Å²) in [6.45, 7) is 2.22. The minimum atomic E-state index is 0.575. The van der Waals surface area contributed by atoms with E-state index in [1.54, 1.807) is 0 Å². The van der Waals surface area contributed by atoms with E-state index in [1.165, 1.54) is 11.1 Å². The van der Waals surface area contributed by atoms with E-state index >= 15 is 0 Å². The minimum Gasteiger partial charge on any atom is -0.398 e. The Morgan fingerprint density at radius 1 is 1.42 bits per heavy atom. The zero-order valence-electron chi connectivity index (χ0n) is 7.25. The van der Waals surface area contributed by atoms with Crippen molar-refractivity contribution in [1.82, 2.24) is 0 Å². The number of nitrogens with two attached hydrogens (primary N) is 1. The largest absolute Gasteiger partial charge is 0.398 e. The Hall–Kier alpha value is -1.24. The van der Waals surface area contributed by atoms with Crippen LogP contribution >= 0.6 is 0 Å². The van der Waals surface area contributed by atoms with Gasteiger partial charge in [0.25, 0.3) is 0 Å². The van der Waals surface area contributed by atoms with Crippen LogP contribution in [0.5, 0.6) is 0 Å². The van der Waals surface area contributed by atoms with Crippen molar-refractivity contribution in [3.63, 3.8) is 0 Å². The molecule has 0 fully saturated rings. The van der Waals surface area contributed by atoms with Gasteiger partial charge in [-0.15, -0.1) is 0 Å². The SMILES string of the molecule is CC1CC=Cc2cccc(N)c21. The molecule has 1 unspecified atom stereocenters. The topological polar surface area (TPSA) is 26.0 Å². The van der Waals surface area contributed by atoms with E-state index in [9.17, 15) is 0 Å². The van der Waals surface area contributed by atoms with Crippen LogP contribution in [0, 0.1) is 0 Å². The Morgan fingerprint density at radius 3 is 3.00 bits per heavy atom. The fourth-order valence-electron chi connectivity index (χ4n) is 1.83. The molecule has 0 saturated heterocycles. The molecule has 1 nitrogen and oxygen atoms in total. The van der Waals surface area contributed by atoms with E-state index in [1.807, 2.05) is 12.1 Å². The van der Waals surface area contributed by atoms with Crippen molar-refractivity contribution in [3.05, 3.63) is 35.4 Å². The maximum atomic E-state index is 5.90. The van der Waals surface area contributed by atoms with Gasteiger partial charge in [-0.05, 0) is 29.5 Å². The molecule has 0 amide bonds. The Morgan fingerprint density at radius 2 is 2.25 bits per heavy atom. The summed E-state index contributed by atoms with van der Waals surface area (Å²) in [6.07, 6.45) is 5.49. The molecule has 12 heavy (non-hydrogen) atoms. The van der Waals surface area contributed by atoms with Gasteiger partial charge in [0.2, 0.25) is 0 Å². The molecule has 1 aromatic carbocycles. The molecule has 1 aliphatic rings. The van der Waals surface area contributed by atoms with E-state index in [0.29, 0.717) is 5.92 Å². The smallest absolute Gasteiger partial charge is 0.0355 e. The van der Waals surface area contributed by atoms with Crippen LogP contribution in [-0.4, -0.2) is 0 Å². The molecule has 0 aliphatic heterocycles. The van der Waals surface area contributed by atoms with E-state index in [-0.39, 0.29) is 0 Å². The lowest BCUT2D eigenvalue weighted by Gasteiger charge is -2.19. The highest BCUT2D eigenvalue weighted by molar-refractivity contribution is 5.66. The van der Waals surface area contributed by atoms with E-state index in [2.05, 4.69) is 25.1 Å². The van der Waals surface area contributed by atoms with Crippen molar-refractivity contribution >= 4 is 11.8 Å². The standard InChI is InChI=1S/C11H13N/c1-8-4-2-5-9-6-3-7-10(12)11(8)9/h2-3,5-8H,4,12H2,1H3. The third-order valence-corrected chi connectivity index (χ3v) is 2.45. The van der Waals surface area contributed by atoms with Crippen LogP contribution in [0.15, 0.2) is 24.3 Å². The lowest BCUT2D eigenvalue weighted by atomic mass is 9.87. The van der Waals surface area contributed by atoms with Crippen LogP contribution in [0.2, 0.25) is 0 Å². The first-order valence-corrected chi connectivity index (χ1v) is 4.34. The van der Waals surface area contributed by atoms with E-state index in [0.717, 1.165) is 12.1 Å². The minimum absolute atomic E-state index is 0.575. The first kappa shape index (κ1) is 7.41. The molecule has 1 aliphatic carbocycles. The van der Waals surface area contributed by atoms with Gasteiger partial charge < -0.3 is 5.73 Å². The predicted octanol–water partition coefficient (Wildman–Crippen LogP) is 2.79. The lowest BCUT2D eigenvalue weighted by molar-refractivity contribution is 0.774. The van der Waals surface area contributed by atoms with Crippen LogP contribution < -0.4 is 5.73 Å². The summed E-state index contributed by atoms with van der Waals surface area (Å²) in [4.78, 5) is 0. The molecule has 0 spiro atoms. The predicted molar refractivity (Wildman–Crippen MR) is 52.9 cm³/mol. The molecule has 62 valence electrons. The second kappa shape index (κ2) is 2.67. The van der Waals surface area contributed by atoms with Gasteiger partial charge in [0.05, 0.1) is 0 Å². The number of fused-ring (bicyclic) bond motifs is 1. The molecule has 0 aromatic heterocycles. The summed E-state index contributed by atoms with van der Waals surface area (Å²) < 4.78 is 0. The average Bonchev–Trinajstić information content (AvgIpc) is 2.04. The summed E-state index contributed by atoms with van der Waals surface area (Å²) in [5.74, 6) is 0.575. The summed E-state index contributed by atoms with van der Waals surface area (Å²) in [5, 5.41) is 0. The number of hydrogen-bond donors (Lipinski definition) is 1. The number of hydrogen-bond acceptors (Lipinski definition) is 1. The maximum absolute atomic E-state index is 5.90. The molecule has 0 radical (unpaired) electrons. The van der Waals surface area contributed by atoms with E-state index < -0.39 is 0 Å². The van der Waals surface area contributed by atoms with Gasteiger partial charge in [0.15, 0.2) is 0 Å². The fourth-order valence-corrected chi connectivity index (χ4v) is 1.83. The monoisotopic (exact) mass is 159 g/mol. The van der Waals surface area contributed by atoms with Crippen LogP contribution in [-0.2, 0) is 0 Å². The number of benzene rings is 1. The zero-order valence-corrected chi connectivity index (χ0v) is 7.25. The lowest BCUT2D eigenvalue weighted by Crippen LogP contribution is -2.04. The summed E-state index contributed by atoms with van der Waals surface area (Å²) in [7, 11) is 0. The van der Waals surface area contributed by atoms with Gasteiger partial charge in [0.1, 0.15) is 0 Å². The highest BCUT2D eigenvalue weighted by atomic mass is 14.6. The molecule has 1 aromatic rings. The third kappa shape index (κ3) is 1.02. The summed E-state index contributed by atoms with van der Waals surface area (Å²) in [5.41, 5.74) is 9.44. The normalized spacial score (nSPS) is 20.6. The molecule has 2 N–H and O–H groups in total. The number of nitrogen functional groups attached to an aromatic ring is 1. The van der Waals surface area contributed by atoms with Crippen molar-refractivity contribution in [1.29, 1.82) is 0 Å². The summed E-state index contributed by atoms with van der Waals surface area (Å²) in [6, 6.07) is 6.11.